The van der Waals surface area contributed by atoms with E-state index in [-0.39, 0.29) is 17.9 Å². The van der Waals surface area contributed by atoms with Gasteiger partial charge in [-0.1, -0.05) is 19.3 Å². The van der Waals surface area contributed by atoms with E-state index < -0.39 is 17.3 Å². The van der Waals surface area contributed by atoms with Gasteiger partial charge in [-0.2, -0.15) is 0 Å². The van der Waals surface area contributed by atoms with Gasteiger partial charge in [0.1, 0.15) is 5.82 Å². The van der Waals surface area contributed by atoms with Gasteiger partial charge in [0.25, 0.3) is 5.91 Å². The zero-order valence-electron chi connectivity index (χ0n) is 11.8. The molecule has 2 rings (SSSR count). The lowest BCUT2D eigenvalue weighted by atomic mass is 9.80. The van der Waals surface area contributed by atoms with Gasteiger partial charge in [-0.25, -0.2) is 4.39 Å². The Morgan fingerprint density at radius 2 is 1.90 bits per heavy atom. The Labute approximate surface area is 122 Å². The molecule has 0 unspecified atom stereocenters. The summed E-state index contributed by atoms with van der Waals surface area (Å²) in [6, 6.07) is 3.73. The highest BCUT2D eigenvalue weighted by atomic mass is 19.1. The first-order valence-electron chi connectivity index (χ1n) is 7.08. The third-order valence-corrected chi connectivity index (χ3v) is 3.88. The maximum Gasteiger partial charge on any atom is 0.251 e. The third kappa shape index (κ3) is 4.01. The van der Waals surface area contributed by atoms with E-state index in [0.717, 1.165) is 38.2 Å². The summed E-state index contributed by atoms with van der Waals surface area (Å²) < 4.78 is 13.4. The maximum absolute atomic E-state index is 13.4. The average molecular weight is 293 g/mol. The van der Waals surface area contributed by atoms with Crippen molar-refractivity contribution in [3.63, 3.8) is 0 Å². The molecule has 0 atom stereocenters. The van der Waals surface area contributed by atoms with Crippen LogP contribution in [0.3, 0.4) is 0 Å². The number of rotatable bonds is 4. The fourth-order valence-corrected chi connectivity index (χ4v) is 2.75. The number of nitrogens with two attached hydrogens (primary N) is 2. The van der Waals surface area contributed by atoms with Crippen molar-refractivity contribution in [2.24, 2.45) is 11.5 Å². The Bertz CT molecular complexity index is 554. The third-order valence-electron chi connectivity index (χ3n) is 3.88. The lowest BCUT2D eigenvalue weighted by molar-refractivity contribution is -0.117. The normalized spacial score (nSPS) is 17.2. The Hall–Kier alpha value is -1.95. The van der Waals surface area contributed by atoms with Crippen molar-refractivity contribution in [1.82, 2.24) is 0 Å². The molecule has 1 saturated carbocycles. The van der Waals surface area contributed by atoms with Crippen molar-refractivity contribution in [1.29, 1.82) is 0 Å². The Morgan fingerprint density at radius 3 is 2.52 bits per heavy atom. The first kappa shape index (κ1) is 15.4. The predicted octanol–water partition coefficient (Wildman–Crippen LogP) is 1.91. The lowest BCUT2D eigenvalue weighted by Crippen LogP contribution is -2.44. The summed E-state index contributed by atoms with van der Waals surface area (Å²) in [5, 5.41) is 2.64. The summed E-state index contributed by atoms with van der Waals surface area (Å²) >= 11 is 0. The Balaban J connectivity index is 2.02. The number of anilines is 1. The van der Waals surface area contributed by atoms with Gasteiger partial charge in [-0.15, -0.1) is 0 Å². The van der Waals surface area contributed by atoms with Crippen LogP contribution in [0.2, 0.25) is 0 Å². The minimum atomic E-state index is -0.869. The molecule has 2 amide bonds. The highest BCUT2D eigenvalue weighted by Gasteiger charge is 2.30. The minimum Gasteiger partial charge on any atom is -0.366 e. The second-order valence-corrected chi connectivity index (χ2v) is 5.71. The summed E-state index contributed by atoms with van der Waals surface area (Å²) in [6.45, 7) is 0. The summed E-state index contributed by atoms with van der Waals surface area (Å²) in [6.07, 6.45) is 5.10. The van der Waals surface area contributed by atoms with Gasteiger partial charge in [-0.3, -0.25) is 9.59 Å². The molecule has 0 aliphatic heterocycles. The molecule has 0 spiro atoms. The molecule has 21 heavy (non-hydrogen) atoms. The van der Waals surface area contributed by atoms with E-state index in [1.807, 2.05) is 0 Å². The first-order chi connectivity index (χ1) is 9.89. The number of carbonyl (C=O) groups is 2. The molecule has 5 N–H and O–H groups in total. The Kier molecular flexibility index (Phi) is 4.57. The number of benzene rings is 1. The van der Waals surface area contributed by atoms with Crippen molar-refractivity contribution in [2.75, 3.05) is 5.32 Å². The average Bonchev–Trinajstić information content (AvgIpc) is 2.40. The largest absolute Gasteiger partial charge is 0.366 e. The summed E-state index contributed by atoms with van der Waals surface area (Å²) in [4.78, 5) is 23.1. The predicted molar refractivity (Wildman–Crippen MR) is 78.2 cm³/mol. The van der Waals surface area contributed by atoms with Crippen LogP contribution < -0.4 is 16.8 Å². The number of carbonyl (C=O) groups excluding carboxylic acids is 2. The zero-order valence-corrected chi connectivity index (χ0v) is 11.8. The fraction of sp³-hybridized carbons (Fsp3) is 0.467. The van der Waals surface area contributed by atoms with Gasteiger partial charge in [0.05, 0.1) is 5.56 Å². The lowest BCUT2D eigenvalue weighted by Gasteiger charge is -2.32. The molecule has 1 aliphatic rings. The van der Waals surface area contributed by atoms with E-state index in [2.05, 4.69) is 5.32 Å². The van der Waals surface area contributed by atoms with Crippen LogP contribution in [0, 0.1) is 5.82 Å². The van der Waals surface area contributed by atoms with Crippen molar-refractivity contribution < 1.29 is 14.0 Å². The fourth-order valence-electron chi connectivity index (χ4n) is 2.75. The highest BCUT2D eigenvalue weighted by molar-refractivity contribution is 5.96. The second-order valence-electron chi connectivity index (χ2n) is 5.71. The summed E-state index contributed by atoms with van der Waals surface area (Å²) in [7, 11) is 0. The monoisotopic (exact) mass is 293 g/mol. The second kappa shape index (κ2) is 6.22. The first-order valence-corrected chi connectivity index (χ1v) is 7.08. The van der Waals surface area contributed by atoms with Crippen molar-refractivity contribution in [2.45, 2.75) is 44.1 Å². The van der Waals surface area contributed by atoms with Crippen LogP contribution in [0.25, 0.3) is 0 Å². The van der Waals surface area contributed by atoms with E-state index in [9.17, 15) is 14.0 Å². The molecule has 6 heteroatoms. The number of primary amides is 1. The number of hydrogen-bond acceptors (Lipinski definition) is 3. The van der Waals surface area contributed by atoms with Gasteiger partial charge in [-0.05, 0) is 31.0 Å². The van der Waals surface area contributed by atoms with Crippen LogP contribution in [0.1, 0.15) is 48.9 Å². The van der Waals surface area contributed by atoms with E-state index in [4.69, 9.17) is 11.5 Å². The number of nitrogens with one attached hydrogen (secondary N) is 1. The van der Waals surface area contributed by atoms with Crippen molar-refractivity contribution >= 4 is 17.5 Å². The zero-order chi connectivity index (χ0) is 15.5. The molecule has 1 aromatic carbocycles. The SMILES string of the molecule is NC(=O)c1cc(NC(=O)CC2(N)CCCCC2)ccc1F. The van der Waals surface area contributed by atoms with Gasteiger partial charge >= 0.3 is 0 Å². The minimum absolute atomic E-state index is 0.219. The topological polar surface area (TPSA) is 98.2 Å². The molecule has 1 fully saturated rings. The van der Waals surface area contributed by atoms with Crippen molar-refractivity contribution in [3.8, 4) is 0 Å². The number of halogens is 1. The van der Waals surface area contributed by atoms with Crippen LogP contribution in [0.5, 0.6) is 0 Å². The van der Waals surface area contributed by atoms with E-state index in [0.29, 0.717) is 5.69 Å². The molecule has 5 nitrogen and oxygen atoms in total. The molecular formula is C15H20FN3O2. The molecule has 0 aromatic heterocycles. The molecule has 0 bridgehead atoms. The van der Waals surface area contributed by atoms with E-state index >= 15 is 0 Å². The van der Waals surface area contributed by atoms with E-state index in [1.165, 1.54) is 12.1 Å². The summed E-state index contributed by atoms with van der Waals surface area (Å²) in [5.74, 6) is -1.81. The molecule has 1 aromatic rings. The van der Waals surface area contributed by atoms with Crippen LogP contribution in [-0.2, 0) is 4.79 Å². The molecular weight excluding hydrogens is 273 g/mol. The molecule has 0 saturated heterocycles. The molecule has 0 radical (unpaired) electrons. The van der Waals surface area contributed by atoms with E-state index in [1.54, 1.807) is 0 Å². The quantitative estimate of drug-likeness (QED) is 0.790. The Morgan fingerprint density at radius 1 is 1.24 bits per heavy atom. The maximum atomic E-state index is 13.4. The smallest absolute Gasteiger partial charge is 0.251 e. The highest BCUT2D eigenvalue weighted by Crippen LogP contribution is 2.29. The number of hydrogen-bond donors (Lipinski definition) is 3. The summed E-state index contributed by atoms with van der Waals surface area (Å²) in [5.41, 5.74) is 10.9. The van der Waals surface area contributed by atoms with Crippen LogP contribution in [0.15, 0.2) is 18.2 Å². The van der Waals surface area contributed by atoms with Gasteiger partial charge < -0.3 is 16.8 Å². The molecule has 114 valence electrons. The van der Waals surface area contributed by atoms with Gasteiger partial charge in [0.15, 0.2) is 0 Å². The van der Waals surface area contributed by atoms with Crippen LogP contribution >= 0.6 is 0 Å². The standard InChI is InChI=1S/C15H20FN3O2/c16-12-5-4-10(8-11(12)14(17)21)19-13(20)9-15(18)6-2-1-3-7-15/h4-5,8H,1-3,6-7,9,18H2,(H2,17,21)(H,19,20). The van der Waals surface area contributed by atoms with Gasteiger partial charge in [0.2, 0.25) is 5.91 Å². The van der Waals surface area contributed by atoms with Gasteiger partial charge in [0, 0.05) is 17.6 Å². The van der Waals surface area contributed by atoms with Crippen LogP contribution in [0.4, 0.5) is 10.1 Å². The van der Waals surface area contributed by atoms with Crippen molar-refractivity contribution in [3.05, 3.63) is 29.6 Å². The number of amides is 2. The molecule has 1 aliphatic carbocycles. The van der Waals surface area contributed by atoms with Crippen LogP contribution in [-0.4, -0.2) is 17.4 Å². The molecule has 0 heterocycles.